The lowest BCUT2D eigenvalue weighted by molar-refractivity contribution is 0.0795. The number of nitrogens with one attached hydrogen (secondary N) is 1. The molecule has 3 rings (SSSR count). The van der Waals surface area contributed by atoms with Crippen molar-refractivity contribution in [3.63, 3.8) is 0 Å². The van der Waals surface area contributed by atoms with Crippen LogP contribution in [-0.2, 0) is 9.47 Å². The van der Waals surface area contributed by atoms with Crippen LogP contribution in [0, 0.1) is 0 Å². The van der Waals surface area contributed by atoms with Crippen LogP contribution in [0.4, 0.5) is 5.82 Å². The molecule has 2 heterocycles. The second-order valence-electron chi connectivity index (χ2n) is 4.98. The van der Waals surface area contributed by atoms with Crippen molar-refractivity contribution >= 4 is 16.7 Å². The van der Waals surface area contributed by atoms with Gasteiger partial charge in [0.25, 0.3) is 0 Å². The molecule has 0 bridgehead atoms. The first-order valence-electron chi connectivity index (χ1n) is 7.01. The van der Waals surface area contributed by atoms with Crippen molar-refractivity contribution in [3.05, 3.63) is 18.5 Å². The molecule has 1 N–H and O–H groups in total. The molecule has 0 spiro atoms. The number of nitrogens with zero attached hydrogens (tertiary/aromatic N) is 2. The average molecular weight is 305 g/mol. The van der Waals surface area contributed by atoms with Gasteiger partial charge in [-0.25, -0.2) is 9.97 Å². The molecule has 7 heteroatoms. The van der Waals surface area contributed by atoms with Gasteiger partial charge in [-0.1, -0.05) is 0 Å². The summed E-state index contributed by atoms with van der Waals surface area (Å²) in [5.41, 5.74) is 0.701. The Bertz CT molecular complexity index is 665. The zero-order valence-electron chi connectivity index (χ0n) is 12.8. The van der Waals surface area contributed by atoms with Crippen LogP contribution in [0.25, 0.3) is 10.9 Å². The van der Waals surface area contributed by atoms with E-state index in [4.69, 9.17) is 18.9 Å². The molecule has 1 aromatic carbocycles. The van der Waals surface area contributed by atoms with Crippen LogP contribution in [0.2, 0.25) is 0 Å². The number of hydrogen-bond donors (Lipinski definition) is 1. The molecule has 0 saturated carbocycles. The second-order valence-corrected chi connectivity index (χ2v) is 4.98. The van der Waals surface area contributed by atoms with Gasteiger partial charge in [0, 0.05) is 12.5 Å². The van der Waals surface area contributed by atoms with Crippen molar-refractivity contribution in [2.45, 2.75) is 12.1 Å². The summed E-state index contributed by atoms with van der Waals surface area (Å²) in [7, 11) is 4.88. The molecule has 1 aromatic heterocycles. The number of rotatable bonds is 5. The molecule has 1 aliphatic rings. The van der Waals surface area contributed by atoms with E-state index in [0.29, 0.717) is 30.2 Å². The molecule has 1 fully saturated rings. The van der Waals surface area contributed by atoms with Gasteiger partial charge < -0.3 is 24.3 Å². The van der Waals surface area contributed by atoms with E-state index in [-0.39, 0.29) is 12.1 Å². The highest BCUT2D eigenvalue weighted by molar-refractivity contribution is 5.94. The van der Waals surface area contributed by atoms with E-state index in [2.05, 4.69) is 15.3 Å². The maximum absolute atomic E-state index is 5.45. The van der Waals surface area contributed by atoms with Crippen LogP contribution in [0.5, 0.6) is 11.5 Å². The van der Waals surface area contributed by atoms with Crippen LogP contribution >= 0.6 is 0 Å². The van der Waals surface area contributed by atoms with Gasteiger partial charge in [-0.05, 0) is 12.1 Å². The Morgan fingerprint density at radius 3 is 2.73 bits per heavy atom. The Morgan fingerprint density at radius 2 is 2.00 bits per heavy atom. The molecular formula is C15H19N3O4. The zero-order chi connectivity index (χ0) is 15.5. The van der Waals surface area contributed by atoms with Gasteiger partial charge in [-0.15, -0.1) is 0 Å². The summed E-state index contributed by atoms with van der Waals surface area (Å²) in [6, 6.07) is 3.81. The van der Waals surface area contributed by atoms with E-state index in [1.807, 2.05) is 12.1 Å². The summed E-state index contributed by atoms with van der Waals surface area (Å²) in [6.45, 7) is 1.16. The number of ether oxygens (including phenoxy) is 4. The molecule has 1 aliphatic heterocycles. The minimum Gasteiger partial charge on any atom is -0.493 e. The summed E-state index contributed by atoms with van der Waals surface area (Å²) >= 11 is 0. The van der Waals surface area contributed by atoms with Crippen LogP contribution in [-0.4, -0.2) is 56.7 Å². The van der Waals surface area contributed by atoms with E-state index in [1.54, 1.807) is 21.3 Å². The number of anilines is 1. The van der Waals surface area contributed by atoms with Crippen molar-refractivity contribution < 1.29 is 18.9 Å². The predicted molar refractivity (Wildman–Crippen MR) is 81.7 cm³/mol. The molecule has 0 radical (unpaired) electrons. The van der Waals surface area contributed by atoms with Crippen molar-refractivity contribution in [2.24, 2.45) is 0 Å². The van der Waals surface area contributed by atoms with E-state index >= 15 is 0 Å². The van der Waals surface area contributed by atoms with Crippen molar-refractivity contribution in [1.82, 2.24) is 9.97 Å². The topological polar surface area (TPSA) is 74.7 Å². The summed E-state index contributed by atoms with van der Waals surface area (Å²) in [5.74, 6) is 1.96. The van der Waals surface area contributed by atoms with Crippen LogP contribution in [0.1, 0.15) is 0 Å². The molecule has 7 nitrogen and oxygen atoms in total. The normalized spacial score (nSPS) is 21.0. The molecule has 118 valence electrons. The predicted octanol–water partition coefficient (Wildman–Crippen LogP) is 1.47. The van der Waals surface area contributed by atoms with Gasteiger partial charge in [0.2, 0.25) is 0 Å². The van der Waals surface area contributed by atoms with Gasteiger partial charge in [-0.2, -0.15) is 0 Å². The Hall–Kier alpha value is -2.12. The lowest BCUT2D eigenvalue weighted by Crippen LogP contribution is -2.33. The fourth-order valence-corrected chi connectivity index (χ4v) is 2.64. The number of hydrogen-bond acceptors (Lipinski definition) is 7. The zero-order valence-corrected chi connectivity index (χ0v) is 12.8. The standard InChI is InChI=1S/C15H19N3O4/c1-19-11-5-4-9-13(14(11)21-3)16-8-17-15(9)18-10-6-22-7-12(10)20-2/h4-5,8,10,12H,6-7H2,1-3H3,(H,16,17,18)/t10-,12-/m0/s1. The van der Waals surface area contributed by atoms with Gasteiger partial charge in [0.1, 0.15) is 23.8 Å². The van der Waals surface area contributed by atoms with Crippen LogP contribution < -0.4 is 14.8 Å². The first-order valence-corrected chi connectivity index (χ1v) is 7.01. The minimum atomic E-state index is 0.00478. The molecule has 2 aromatic rings. The van der Waals surface area contributed by atoms with Gasteiger partial charge in [0.15, 0.2) is 11.5 Å². The Balaban J connectivity index is 2.00. The summed E-state index contributed by atoms with van der Waals surface area (Å²) in [6.07, 6.45) is 1.51. The lowest BCUT2D eigenvalue weighted by atomic mass is 10.1. The minimum absolute atomic E-state index is 0.00478. The first kappa shape index (κ1) is 14.8. The molecule has 0 amide bonds. The average Bonchev–Trinajstić information content (AvgIpc) is 3.01. The van der Waals surface area contributed by atoms with Gasteiger partial charge in [0.05, 0.1) is 33.5 Å². The second kappa shape index (κ2) is 6.33. The third-order valence-corrected chi connectivity index (χ3v) is 3.80. The molecule has 1 saturated heterocycles. The number of benzene rings is 1. The highest BCUT2D eigenvalue weighted by Crippen LogP contribution is 2.36. The fraction of sp³-hybridized carbons (Fsp3) is 0.467. The Kier molecular flexibility index (Phi) is 4.26. The quantitative estimate of drug-likeness (QED) is 0.896. The number of fused-ring (bicyclic) bond motifs is 1. The van der Waals surface area contributed by atoms with E-state index in [1.165, 1.54) is 6.33 Å². The Morgan fingerprint density at radius 1 is 1.14 bits per heavy atom. The van der Waals surface area contributed by atoms with E-state index in [0.717, 1.165) is 11.2 Å². The van der Waals surface area contributed by atoms with Crippen molar-refractivity contribution in [1.29, 1.82) is 0 Å². The largest absolute Gasteiger partial charge is 0.493 e. The Labute approximate surface area is 128 Å². The first-order chi connectivity index (χ1) is 10.8. The van der Waals surface area contributed by atoms with E-state index < -0.39 is 0 Å². The monoisotopic (exact) mass is 305 g/mol. The van der Waals surface area contributed by atoms with Gasteiger partial charge in [-0.3, -0.25) is 0 Å². The van der Waals surface area contributed by atoms with Crippen molar-refractivity contribution in [2.75, 3.05) is 39.9 Å². The summed E-state index contributed by atoms with van der Waals surface area (Å²) in [4.78, 5) is 8.66. The third-order valence-electron chi connectivity index (χ3n) is 3.80. The van der Waals surface area contributed by atoms with Crippen LogP contribution in [0.15, 0.2) is 18.5 Å². The summed E-state index contributed by atoms with van der Waals surface area (Å²) < 4.78 is 21.6. The maximum Gasteiger partial charge on any atom is 0.187 e. The van der Waals surface area contributed by atoms with Crippen LogP contribution in [0.3, 0.4) is 0 Å². The smallest absolute Gasteiger partial charge is 0.187 e. The number of methoxy groups -OCH3 is 3. The molecule has 0 aliphatic carbocycles. The fourth-order valence-electron chi connectivity index (χ4n) is 2.64. The lowest BCUT2D eigenvalue weighted by Gasteiger charge is -2.19. The van der Waals surface area contributed by atoms with Gasteiger partial charge >= 0.3 is 0 Å². The SMILES string of the molecule is COc1ccc2c(N[C@H]3COC[C@@H]3OC)ncnc2c1OC. The highest BCUT2D eigenvalue weighted by atomic mass is 16.5. The number of aromatic nitrogens is 2. The third kappa shape index (κ3) is 2.53. The molecule has 2 atom stereocenters. The highest BCUT2D eigenvalue weighted by Gasteiger charge is 2.29. The molecule has 22 heavy (non-hydrogen) atoms. The molecular weight excluding hydrogens is 286 g/mol. The van der Waals surface area contributed by atoms with E-state index in [9.17, 15) is 0 Å². The maximum atomic E-state index is 5.45. The summed E-state index contributed by atoms with van der Waals surface area (Å²) in [5, 5.41) is 4.24. The van der Waals surface area contributed by atoms with Crippen molar-refractivity contribution in [3.8, 4) is 11.5 Å². The molecule has 0 unspecified atom stereocenters.